The van der Waals surface area contributed by atoms with Crippen LogP contribution in [0.4, 0.5) is 5.82 Å². The van der Waals surface area contributed by atoms with Crippen LogP contribution in [0, 0.1) is 0 Å². The summed E-state index contributed by atoms with van der Waals surface area (Å²) in [6.07, 6.45) is -1.66. The summed E-state index contributed by atoms with van der Waals surface area (Å²) in [5.74, 6) is -0.398. The van der Waals surface area contributed by atoms with Crippen molar-refractivity contribution in [2.24, 2.45) is 0 Å². The van der Waals surface area contributed by atoms with E-state index in [1.807, 2.05) is 0 Å². The predicted molar refractivity (Wildman–Crippen MR) is 130 cm³/mol. The first-order valence-electron chi connectivity index (χ1n) is 10.8. The molecule has 1 saturated heterocycles. The second-order valence-electron chi connectivity index (χ2n) is 8.12. The molecule has 1 aromatic heterocycles. The monoisotopic (exact) mass is 528 g/mol. The van der Waals surface area contributed by atoms with Crippen molar-refractivity contribution in [1.29, 1.82) is 0 Å². The highest BCUT2D eigenvalue weighted by Gasteiger charge is 2.45. The van der Waals surface area contributed by atoms with Gasteiger partial charge in [0.15, 0.2) is 0 Å². The van der Waals surface area contributed by atoms with Gasteiger partial charge in [0, 0.05) is 6.20 Å². The van der Waals surface area contributed by atoms with Crippen molar-refractivity contribution in [2.75, 3.05) is 12.3 Å². The highest BCUT2D eigenvalue weighted by Crippen LogP contribution is 2.48. The Kier molecular flexibility index (Phi) is 8.97. The van der Waals surface area contributed by atoms with Crippen LogP contribution >= 0.6 is 19.5 Å². The first kappa shape index (κ1) is 27.2. The minimum atomic E-state index is -4.16. The van der Waals surface area contributed by atoms with Gasteiger partial charge in [-0.05, 0) is 39.0 Å². The third-order valence-corrected chi connectivity index (χ3v) is 8.09. The normalized spacial score (nSPS) is 24.6. The van der Waals surface area contributed by atoms with Crippen LogP contribution in [0.2, 0.25) is 0 Å². The summed E-state index contributed by atoms with van der Waals surface area (Å²) < 4.78 is 31.0. The first-order chi connectivity index (χ1) is 16.5. The second kappa shape index (κ2) is 11.5. The second-order valence-corrected chi connectivity index (χ2v) is 11.2. The van der Waals surface area contributed by atoms with Gasteiger partial charge in [0.05, 0.1) is 24.1 Å². The Morgan fingerprint density at radius 2 is 1.91 bits per heavy atom. The molecule has 1 fully saturated rings. The number of aliphatic hydroxyl groups is 2. The number of carbonyl (C=O) groups excluding carboxylic acids is 1. The van der Waals surface area contributed by atoms with Crippen molar-refractivity contribution in [2.45, 2.75) is 55.7 Å². The van der Waals surface area contributed by atoms with Crippen LogP contribution in [-0.2, 0) is 18.6 Å². The summed E-state index contributed by atoms with van der Waals surface area (Å²) in [6.45, 7) is 4.49. The van der Waals surface area contributed by atoms with Gasteiger partial charge in [-0.1, -0.05) is 18.2 Å². The molecule has 12 nitrogen and oxygen atoms in total. The molecule has 0 saturated carbocycles. The molecule has 1 aromatic carbocycles. The van der Waals surface area contributed by atoms with E-state index in [1.54, 1.807) is 44.2 Å². The van der Waals surface area contributed by atoms with E-state index in [0.717, 1.165) is 16.3 Å². The molecule has 0 bridgehead atoms. The summed E-state index contributed by atoms with van der Waals surface area (Å²) >= 11 is 1.04. The maximum absolute atomic E-state index is 13.6. The largest absolute Gasteiger partial charge is 0.462 e. The lowest BCUT2D eigenvalue weighted by molar-refractivity contribution is -0.149. The number of aliphatic hydroxyl groups excluding tert-OH is 2. The number of anilines is 1. The first-order valence-corrected chi connectivity index (χ1v) is 13.3. The van der Waals surface area contributed by atoms with E-state index in [-0.39, 0.29) is 24.3 Å². The fraction of sp³-hybridized carbons (Fsp3) is 0.476. The predicted octanol–water partition coefficient (Wildman–Crippen LogP) is 1.29. The molecular formula is C21H29N4O8PS. The molecule has 1 aliphatic heterocycles. The number of ether oxygens (including phenoxy) is 1. The molecule has 5 N–H and O–H groups in total. The Bertz CT molecular complexity index is 1120. The quantitative estimate of drug-likeness (QED) is 0.257. The number of hydrogen-bond donors (Lipinski definition) is 4. The SMILES string of the molecule is CC(C)OC(=O)[C@@H](C)NP(=O)(OC[C@H]1SC(n2ccc(N)nc2=O)[C@@H](O)[C@@H]1O)Oc1ccccc1. The van der Waals surface area contributed by atoms with E-state index in [4.69, 9.17) is 19.5 Å². The molecule has 14 heteroatoms. The van der Waals surface area contributed by atoms with Crippen molar-refractivity contribution in [3.63, 3.8) is 0 Å². The van der Waals surface area contributed by atoms with Gasteiger partial charge in [-0.3, -0.25) is 13.9 Å². The van der Waals surface area contributed by atoms with Gasteiger partial charge in [-0.25, -0.2) is 9.36 Å². The number of nitrogens with zero attached hydrogens (tertiary/aromatic N) is 2. The Morgan fingerprint density at radius 3 is 2.54 bits per heavy atom. The number of aromatic nitrogens is 2. The lowest BCUT2D eigenvalue weighted by Crippen LogP contribution is -2.38. The Hall–Kier alpha value is -2.41. The van der Waals surface area contributed by atoms with E-state index < -0.39 is 48.3 Å². The van der Waals surface area contributed by atoms with Crippen molar-refractivity contribution in [3.8, 4) is 5.75 Å². The number of hydrogen-bond acceptors (Lipinski definition) is 11. The molecule has 0 amide bonds. The number of benzene rings is 1. The van der Waals surface area contributed by atoms with Gasteiger partial charge >= 0.3 is 19.4 Å². The molecule has 2 unspecified atom stereocenters. The highest BCUT2D eigenvalue weighted by atomic mass is 32.2. The summed E-state index contributed by atoms with van der Waals surface area (Å²) in [4.78, 5) is 28.1. The van der Waals surface area contributed by atoms with Crippen LogP contribution in [0.3, 0.4) is 0 Å². The van der Waals surface area contributed by atoms with E-state index >= 15 is 0 Å². The lowest BCUT2D eigenvalue weighted by Gasteiger charge is -2.25. The Balaban J connectivity index is 1.75. The fourth-order valence-electron chi connectivity index (χ4n) is 3.22. The third-order valence-electron chi connectivity index (χ3n) is 4.90. The van der Waals surface area contributed by atoms with Gasteiger partial charge < -0.3 is 25.2 Å². The maximum Gasteiger partial charge on any atom is 0.459 e. The highest BCUT2D eigenvalue weighted by molar-refractivity contribution is 8.00. The van der Waals surface area contributed by atoms with Crippen LogP contribution < -0.4 is 21.0 Å². The molecule has 2 aromatic rings. The van der Waals surface area contributed by atoms with Crippen LogP contribution in [0.15, 0.2) is 47.4 Å². The number of nitrogens with one attached hydrogen (secondary N) is 1. The number of nitrogen functional groups attached to an aromatic ring is 1. The molecular weight excluding hydrogens is 499 g/mol. The molecule has 6 atom stereocenters. The molecule has 2 heterocycles. The van der Waals surface area contributed by atoms with E-state index in [2.05, 4.69) is 10.1 Å². The zero-order valence-electron chi connectivity index (χ0n) is 19.4. The van der Waals surface area contributed by atoms with E-state index in [1.165, 1.54) is 19.2 Å². The average Bonchev–Trinajstić information content (AvgIpc) is 3.06. The molecule has 3 rings (SSSR count). The molecule has 192 valence electrons. The molecule has 35 heavy (non-hydrogen) atoms. The molecule has 0 radical (unpaired) electrons. The topological polar surface area (TPSA) is 175 Å². The summed E-state index contributed by atoms with van der Waals surface area (Å²) in [6, 6.07) is 8.58. The average molecular weight is 529 g/mol. The minimum absolute atomic E-state index is 0.0272. The maximum atomic E-state index is 13.6. The van der Waals surface area contributed by atoms with Gasteiger partial charge in [0.25, 0.3) is 0 Å². The van der Waals surface area contributed by atoms with E-state index in [9.17, 15) is 24.4 Å². The van der Waals surface area contributed by atoms with E-state index in [0.29, 0.717) is 0 Å². The molecule has 0 spiro atoms. The van der Waals surface area contributed by atoms with Gasteiger partial charge in [0.1, 0.15) is 29.1 Å². The summed E-state index contributed by atoms with van der Waals surface area (Å²) in [7, 11) is -4.16. The number of nitrogens with two attached hydrogens (primary N) is 1. The zero-order valence-corrected chi connectivity index (χ0v) is 21.1. The van der Waals surface area contributed by atoms with Crippen LogP contribution in [0.1, 0.15) is 26.1 Å². The van der Waals surface area contributed by atoms with Gasteiger partial charge in [0.2, 0.25) is 0 Å². The number of rotatable bonds is 10. The smallest absolute Gasteiger partial charge is 0.459 e. The third kappa shape index (κ3) is 7.06. The van der Waals surface area contributed by atoms with Crippen molar-refractivity contribution in [1.82, 2.24) is 14.6 Å². The molecule has 0 aliphatic carbocycles. The standard InChI is InChI=1S/C21H29N4O8PS/c1-12(2)32-20(28)13(3)24-34(30,33-14-7-5-4-6-8-14)31-11-15-17(26)18(27)19(35-15)25-10-9-16(22)23-21(25)29/h4-10,12-13,15,17-19,26-27H,11H2,1-3H3,(H,24,30)(H2,22,23,29)/t13-,15-,17-,18+,19?,34?/m1/s1. The van der Waals surface area contributed by atoms with Gasteiger partial charge in [-0.2, -0.15) is 10.1 Å². The summed E-state index contributed by atoms with van der Waals surface area (Å²) in [5.41, 5.74) is 4.83. The lowest BCUT2D eigenvalue weighted by atomic mass is 10.1. The van der Waals surface area contributed by atoms with Crippen LogP contribution in [0.25, 0.3) is 0 Å². The fourth-order valence-corrected chi connectivity index (χ4v) is 6.28. The minimum Gasteiger partial charge on any atom is -0.462 e. The van der Waals surface area contributed by atoms with Crippen molar-refractivity contribution < 1.29 is 33.4 Å². The number of carbonyl (C=O) groups is 1. The van der Waals surface area contributed by atoms with Crippen LogP contribution in [-0.4, -0.2) is 61.9 Å². The zero-order chi connectivity index (χ0) is 25.8. The number of para-hydroxylation sites is 1. The Morgan fingerprint density at radius 1 is 1.23 bits per heavy atom. The molecule has 1 aliphatic rings. The number of esters is 1. The van der Waals surface area contributed by atoms with Crippen molar-refractivity contribution in [3.05, 3.63) is 53.1 Å². The number of thioether (sulfide) groups is 1. The van der Waals surface area contributed by atoms with Gasteiger partial charge in [-0.15, -0.1) is 11.8 Å². The Labute approximate surface area is 206 Å². The summed E-state index contributed by atoms with van der Waals surface area (Å²) in [5, 5.41) is 22.0. The van der Waals surface area contributed by atoms with Crippen LogP contribution in [0.5, 0.6) is 5.75 Å². The van der Waals surface area contributed by atoms with Crippen molar-refractivity contribution >= 4 is 31.3 Å².